The molecule has 1 aliphatic rings. The van der Waals surface area contributed by atoms with Crippen molar-refractivity contribution in [3.8, 4) is 5.69 Å². The van der Waals surface area contributed by atoms with E-state index >= 15 is 0 Å². The van der Waals surface area contributed by atoms with Crippen LogP contribution in [0.4, 0.5) is 0 Å². The highest BCUT2D eigenvalue weighted by Crippen LogP contribution is 2.15. The molecule has 5 heteroatoms. The zero-order valence-electron chi connectivity index (χ0n) is 12.2. The number of likely N-dealkylation sites (tertiary alicyclic amines) is 1. The van der Waals surface area contributed by atoms with Gasteiger partial charge >= 0.3 is 0 Å². The van der Waals surface area contributed by atoms with Gasteiger partial charge in [0.1, 0.15) is 0 Å². The number of amides is 1. The Hall–Kier alpha value is -2.14. The predicted octanol–water partition coefficient (Wildman–Crippen LogP) is 1.70. The van der Waals surface area contributed by atoms with Gasteiger partial charge < -0.3 is 14.8 Å². The quantitative estimate of drug-likeness (QED) is 0.933. The third-order valence-corrected chi connectivity index (χ3v) is 4.11. The van der Waals surface area contributed by atoms with Gasteiger partial charge in [0.15, 0.2) is 0 Å². The van der Waals surface area contributed by atoms with E-state index in [4.69, 9.17) is 0 Å². The minimum Gasteiger partial charge on any atom is -0.339 e. The number of imidazole rings is 1. The molecule has 2 heterocycles. The normalized spacial score (nSPS) is 16.1. The molecule has 0 radical (unpaired) electrons. The SMILES string of the molecule is CNC1CCN(C(=O)c2ccc(-n3ccnc3)cc2)CC1. The number of nitrogens with zero attached hydrogens (tertiary/aromatic N) is 3. The standard InChI is InChI=1S/C16H20N4O/c1-17-14-6-9-19(10-7-14)16(21)13-2-4-15(5-3-13)20-11-8-18-12-20/h2-5,8,11-12,14,17H,6-7,9-10H2,1H3. The van der Waals surface area contributed by atoms with Crippen molar-refractivity contribution in [2.24, 2.45) is 0 Å². The molecule has 21 heavy (non-hydrogen) atoms. The summed E-state index contributed by atoms with van der Waals surface area (Å²) in [6.45, 7) is 1.65. The molecule has 0 aliphatic carbocycles. The fourth-order valence-corrected chi connectivity index (χ4v) is 2.74. The van der Waals surface area contributed by atoms with Crippen molar-refractivity contribution >= 4 is 5.91 Å². The van der Waals surface area contributed by atoms with Gasteiger partial charge in [-0.2, -0.15) is 0 Å². The second-order valence-corrected chi connectivity index (χ2v) is 5.37. The Labute approximate surface area is 124 Å². The number of aromatic nitrogens is 2. The van der Waals surface area contributed by atoms with Gasteiger partial charge in [0.2, 0.25) is 0 Å². The van der Waals surface area contributed by atoms with Crippen molar-refractivity contribution in [1.29, 1.82) is 0 Å². The van der Waals surface area contributed by atoms with E-state index in [0.717, 1.165) is 37.2 Å². The van der Waals surface area contributed by atoms with E-state index in [2.05, 4.69) is 10.3 Å². The molecule has 5 nitrogen and oxygen atoms in total. The number of nitrogens with one attached hydrogen (secondary N) is 1. The van der Waals surface area contributed by atoms with Crippen LogP contribution in [-0.4, -0.2) is 46.5 Å². The maximum atomic E-state index is 12.5. The summed E-state index contributed by atoms with van der Waals surface area (Å²) in [4.78, 5) is 18.4. The monoisotopic (exact) mass is 284 g/mol. The minimum absolute atomic E-state index is 0.127. The fourth-order valence-electron chi connectivity index (χ4n) is 2.74. The van der Waals surface area contributed by atoms with Crippen molar-refractivity contribution in [3.05, 3.63) is 48.5 Å². The van der Waals surface area contributed by atoms with Crippen molar-refractivity contribution in [1.82, 2.24) is 19.8 Å². The molecule has 110 valence electrons. The summed E-state index contributed by atoms with van der Waals surface area (Å²) < 4.78 is 1.92. The van der Waals surface area contributed by atoms with Gasteiger partial charge in [-0.3, -0.25) is 4.79 Å². The highest BCUT2D eigenvalue weighted by Gasteiger charge is 2.22. The van der Waals surface area contributed by atoms with Crippen LogP contribution in [0.3, 0.4) is 0 Å². The molecule has 2 aromatic rings. The lowest BCUT2D eigenvalue weighted by atomic mass is 10.0. The van der Waals surface area contributed by atoms with Crippen molar-refractivity contribution in [3.63, 3.8) is 0 Å². The Bertz CT molecular complexity index is 583. The van der Waals surface area contributed by atoms with Crippen molar-refractivity contribution in [2.45, 2.75) is 18.9 Å². The molecule has 0 atom stereocenters. The van der Waals surface area contributed by atoms with Crippen LogP contribution in [0.5, 0.6) is 0 Å². The zero-order chi connectivity index (χ0) is 14.7. The van der Waals surface area contributed by atoms with Crippen LogP contribution in [0.2, 0.25) is 0 Å². The summed E-state index contributed by atoms with van der Waals surface area (Å²) in [6.07, 6.45) is 7.43. The summed E-state index contributed by atoms with van der Waals surface area (Å²) in [5.41, 5.74) is 1.76. The highest BCUT2D eigenvalue weighted by atomic mass is 16.2. The first-order valence-electron chi connectivity index (χ1n) is 7.33. The number of carbonyl (C=O) groups excluding carboxylic acids is 1. The summed E-state index contributed by atoms with van der Waals surface area (Å²) in [7, 11) is 1.98. The number of carbonyl (C=O) groups is 1. The first kappa shape index (κ1) is 13.8. The van der Waals surface area contributed by atoms with Gasteiger partial charge in [-0.1, -0.05) is 0 Å². The largest absolute Gasteiger partial charge is 0.339 e. The van der Waals surface area contributed by atoms with Crippen molar-refractivity contribution < 1.29 is 4.79 Å². The third kappa shape index (κ3) is 2.97. The predicted molar refractivity (Wildman–Crippen MR) is 81.5 cm³/mol. The van der Waals surface area contributed by atoms with Gasteiger partial charge in [-0.15, -0.1) is 0 Å². The molecule has 0 unspecified atom stereocenters. The van der Waals surface area contributed by atoms with Gasteiger partial charge in [-0.25, -0.2) is 4.98 Å². The van der Waals surface area contributed by atoms with E-state index in [0.29, 0.717) is 6.04 Å². The maximum Gasteiger partial charge on any atom is 0.253 e. The van der Waals surface area contributed by atoms with E-state index in [1.54, 1.807) is 12.5 Å². The minimum atomic E-state index is 0.127. The number of hydrogen-bond donors (Lipinski definition) is 1. The second-order valence-electron chi connectivity index (χ2n) is 5.37. The Kier molecular flexibility index (Phi) is 4.01. The van der Waals surface area contributed by atoms with E-state index in [9.17, 15) is 4.79 Å². The van der Waals surface area contributed by atoms with E-state index in [1.165, 1.54) is 0 Å². The van der Waals surface area contributed by atoms with Crippen LogP contribution in [-0.2, 0) is 0 Å². The van der Waals surface area contributed by atoms with E-state index in [-0.39, 0.29) is 5.91 Å². The number of benzene rings is 1. The molecule has 0 saturated carbocycles. The van der Waals surface area contributed by atoms with Gasteiger partial charge in [0.25, 0.3) is 5.91 Å². The number of hydrogen-bond acceptors (Lipinski definition) is 3. The third-order valence-electron chi connectivity index (χ3n) is 4.11. The Morgan fingerprint density at radius 3 is 2.52 bits per heavy atom. The molecule has 0 bridgehead atoms. The first-order chi connectivity index (χ1) is 10.3. The van der Waals surface area contributed by atoms with Crippen LogP contribution >= 0.6 is 0 Å². The topological polar surface area (TPSA) is 50.2 Å². The van der Waals surface area contributed by atoms with Crippen LogP contribution in [0.15, 0.2) is 43.0 Å². The number of piperidine rings is 1. The lowest BCUT2D eigenvalue weighted by Gasteiger charge is -2.31. The van der Waals surface area contributed by atoms with Crippen LogP contribution in [0.1, 0.15) is 23.2 Å². The van der Waals surface area contributed by atoms with Gasteiger partial charge in [-0.05, 0) is 44.2 Å². The molecule has 1 N–H and O–H groups in total. The zero-order valence-corrected chi connectivity index (χ0v) is 12.2. The molecule has 3 rings (SSSR count). The maximum absolute atomic E-state index is 12.5. The fraction of sp³-hybridized carbons (Fsp3) is 0.375. The molecule has 1 aromatic heterocycles. The average Bonchev–Trinajstić information content (AvgIpc) is 3.09. The van der Waals surface area contributed by atoms with Crippen molar-refractivity contribution in [2.75, 3.05) is 20.1 Å². The molecule has 0 spiro atoms. The average molecular weight is 284 g/mol. The second kappa shape index (κ2) is 6.10. The molecule has 1 aromatic carbocycles. The smallest absolute Gasteiger partial charge is 0.253 e. The molecular formula is C16H20N4O. The van der Waals surface area contributed by atoms with Gasteiger partial charge in [0.05, 0.1) is 6.33 Å². The first-order valence-corrected chi connectivity index (χ1v) is 7.33. The summed E-state index contributed by atoms with van der Waals surface area (Å²) in [6, 6.07) is 8.23. The molecular weight excluding hydrogens is 264 g/mol. The summed E-state index contributed by atoms with van der Waals surface area (Å²) >= 11 is 0. The Morgan fingerprint density at radius 1 is 1.24 bits per heavy atom. The summed E-state index contributed by atoms with van der Waals surface area (Å²) in [5, 5.41) is 3.28. The number of rotatable bonds is 3. The lowest BCUT2D eigenvalue weighted by molar-refractivity contribution is 0.0707. The summed E-state index contributed by atoms with van der Waals surface area (Å²) in [5.74, 6) is 0.127. The van der Waals surface area contributed by atoms with E-state index in [1.807, 2.05) is 47.0 Å². The van der Waals surface area contributed by atoms with Crippen LogP contribution < -0.4 is 5.32 Å². The molecule has 1 amide bonds. The Balaban J connectivity index is 1.68. The molecule has 1 saturated heterocycles. The van der Waals surface area contributed by atoms with E-state index < -0.39 is 0 Å². The Morgan fingerprint density at radius 2 is 1.95 bits per heavy atom. The van der Waals surface area contributed by atoms with Crippen LogP contribution in [0, 0.1) is 0 Å². The highest BCUT2D eigenvalue weighted by molar-refractivity contribution is 5.94. The van der Waals surface area contributed by atoms with Gasteiger partial charge in [0, 0.05) is 42.8 Å². The lowest BCUT2D eigenvalue weighted by Crippen LogP contribution is -2.43. The molecule has 1 fully saturated rings. The van der Waals surface area contributed by atoms with Crippen LogP contribution in [0.25, 0.3) is 5.69 Å². The molecule has 1 aliphatic heterocycles.